The Morgan fingerprint density at radius 1 is 1.38 bits per heavy atom. The zero-order valence-electron chi connectivity index (χ0n) is 10.9. The second-order valence-corrected chi connectivity index (χ2v) is 6.17. The Balaban J connectivity index is 2.30. The molecule has 0 aromatic carbocycles. The van der Waals surface area contributed by atoms with Crippen LogP contribution in [-0.4, -0.2) is 19.0 Å². The molecule has 0 radical (unpaired) electrons. The maximum absolute atomic E-state index is 5.61. The van der Waals surface area contributed by atoms with Crippen LogP contribution in [0.2, 0.25) is 0 Å². The van der Waals surface area contributed by atoms with Crippen LogP contribution in [0.15, 0.2) is 11.5 Å². The van der Waals surface area contributed by atoms with Crippen molar-refractivity contribution in [3.63, 3.8) is 0 Å². The molecule has 1 heterocycles. The van der Waals surface area contributed by atoms with Gasteiger partial charge in [-0.05, 0) is 41.8 Å². The predicted molar refractivity (Wildman–Crippen MR) is 73.9 cm³/mol. The fourth-order valence-electron chi connectivity index (χ4n) is 2.23. The summed E-state index contributed by atoms with van der Waals surface area (Å²) in [6, 6.07) is 0. The van der Waals surface area contributed by atoms with E-state index in [9.17, 15) is 0 Å². The first kappa shape index (κ1) is 14.1. The van der Waals surface area contributed by atoms with E-state index in [1.165, 1.54) is 42.8 Å². The molecule has 1 rings (SSSR count). The maximum Gasteiger partial charge on any atom is 0.0523 e. The maximum atomic E-state index is 5.61. The van der Waals surface area contributed by atoms with Crippen LogP contribution < -0.4 is 0 Å². The number of unbranched alkanes of at least 4 members (excludes halogenated alkanes) is 1. The fourth-order valence-corrected chi connectivity index (χ4v) is 3.26. The van der Waals surface area contributed by atoms with E-state index in [1.54, 1.807) is 0 Å². The highest BCUT2D eigenvalue weighted by Crippen LogP contribution is 2.39. The van der Waals surface area contributed by atoms with Gasteiger partial charge in [0.2, 0.25) is 0 Å². The van der Waals surface area contributed by atoms with Crippen LogP contribution in [0.5, 0.6) is 0 Å². The summed E-state index contributed by atoms with van der Waals surface area (Å²) >= 11 is 1.95. The van der Waals surface area contributed by atoms with Gasteiger partial charge in [0.15, 0.2) is 0 Å². The molecule has 0 spiro atoms. The molecule has 0 saturated carbocycles. The molecular weight excluding hydrogens is 216 g/mol. The summed E-state index contributed by atoms with van der Waals surface area (Å²) in [7, 11) is 0. The largest absolute Gasteiger partial charge is 0.381 e. The second-order valence-electron chi connectivity index (χ2n) is 4.90. The molecule has 2 heteroatoms. The van der Waals surface area contributed by atoms with E-state index in [-0.39, 0.29) is 0 Å². The molecule has 0 amide bonds. The highest BCUT2D eigenvalue weighted by Gasteiger charge is 2.33. The Morgan fingerprint density at radius 3 is 2.75 bits per heavy atom. The number of rotatable bonds is 8. The van der Waals surface area contributed by atoms with Crippen LogP contribution >= 0.6 is 11.8 Å². The Morgan fingerprint density at radius 2 is 2.19 bits per heavy atom. The number of hydrogen-bond donors (Lipinski definition) is 0. The Kier molecular flexibility index (Phi) is 6.52. The number of thioether (sulfide) groups is 1. The summed E-state index contributed by atoms with van der Waals surface area (Å²) in [5.41, 5.74) is 0.497. The average molecular weight is 242 g/mol. The third kappa shape index (κ3) is 4.50. The lowest BCUT2D eigenvalue weighted by atomic mass is 9.80. The number of allylic oxidation sites excluding steroid dienone is 1. The molecule has 1 unspecified atom stereocenters. The van der Waals surface area contributed by atoms with E-state index in [1.807, 2.05) is 11.8 Å². The van der Waals surface area contributed by atoms with E-state index >= 15 is 0 Å². The van der Waals surface area contributed by atoms with E-state index < -0.39 is 0 Å². The first-order valence-corrected chi connectivity index (χ1v) is 7.59. The molecule has 1 aliphatic heterocycles. The van der Waals surface area contributed by atoms with Crippen molar-refractivity contribution in [2.24, 2.45) is 5.41 Å². The molecule has 0 N–H and O–H groups in total. The molecular formula is C14H26OS. The molecule has 1 atom stereocenters. The molecule has 16 heavy (non-hydrogen) atoms. The van der Waals surface area contributed by atoms with E-state index in [2.05, 4.69) is 20.4 Å². The summed E-state index contributed by atoms with van der Waals surface area (Å²) in [6.07, 6.45) is 7.67. The standard InChI is InChI=1S/C14H26OS/c1-4-6-7-14(8-10-15-12-14)9-11-16-13(3)5-2/h3-12H2,1-2H3. The lowest BCUT2D eigenvalue weighted by Crippen LogP contribution is -2.21. The van der Waals surface area contributed by atoms with Gasteiger partial charge < -0.3 is 4.74 Å². The van der Waals surface area contributed by atoms with Crippen molar-refractivity contribution in [2.75, 3.05) is 19.0 Å². The van der Waals surface area contributed by atoms with Crippen LogP contribution in [0, 0.1) is 5.41 Å². The molecule has 0 aromatic rings. The first-order chi connectivity index (χ1) is 7.72. The molecule has 0 aromatic heterocycles. The van der Waals surface area contributed by atoms with Gasteiger partial charge in [-0.25, -0.2) is 0 Å². The van der Waals surface area contributed by atoms with Gasteiger partial charge in [-0.15, -0.1) is 11.8 Å². The smallest absolute Gasteiger partial charge is 0.0523 e. The van der Waals surface area contributed by atoms with E-state index in [0.717, 1.165) is 19.6 Å². The van der Waals surface area contributed by atoms with E-state index in [4.69, 9.17) is 4.74 Å². The lowest BCUT2D eigenvalue weighted by Gasteiger charge is -2.27. The minimum atomic E-state index is 0.497. The van der Waals surface area contributed by atoms with Crippen LogP contribution in [0.25, 0.3) is 0 Å². The van der Waals surface area contributed by atoms with Gasteiger partial charge in [-0.3, -0.25) is 0 Å². The highest BCUT2D eigenvalue weighted by atomic mass is 32.2. The van der Waals surface area contributed by atoms with Crippen LogP contribution in [-0.2, 0) is 4.74 Å². The van der Waals surface area contributed by atoms with Crippen molar-refractivity contribution in [1.82, 2.24) is 0 Å². The van der Waals surface area contributed by atoms with Crippen molar-refractivity contribution >= 4 is 11.8 Å². The van der Waals surface area contributed by atoms with Gasteiger partial charge in [0, 0.05) is 6.61 Å². The quantitative estimate of drug-likeness (QED) is 0.613. The Hall–Kier alpha value is 0.0500. The molecule has 1 saturated heterocycles. The zero-order valence-corrected chi connectivity index (χ0v) is 11.7. The summed E-state index contributed by atoms with van der Waals surface area (Å²) < 4.78 is 5.61. The second kappa shape index (κ2) is 7.39. The summed E-state index contributed by atoms with van der Waals surface area (Å²) in [5.74, 6) is 1.22. The van der Waals surface area contributed by atoms with Gasteiger partial charge in [0.05, 0.1) is 6.61 Å². The van der Waals surface area contributed by atoms with Crippen LogP contribution in [0.4, 0.5) is 0 Å². The highest BCUT2D eigenvalue weighted by molar-refractivity contribution is 8.03. The topological polar surface area (TPSA) is 9.23 Å². The minimum absolute atomic E-state index is 0.497. The SMILES string of the molecule is C=C(CC)SCCC1(CCCC)CCOC1. The molecule has 0 aliphatic carbocycles. The van der Waals surface area contributed by atoms with Gasteiger partial charge in [-0.1, -0.05) is 33.3 Å². The van der Waals surface area contributed by atoms with Crippen molar-refractivity contribution in [1.29, 1.82) is 0 Å². The third-order valence-electron chi connectivity index (χ3n) is 3.58. The molecule has 1 fully saturated rings. The van der Waals surface area contributed by atoms with Crippen molar-refractivity contribution in [3.05, 3.63) is 11.5 Å². The summed E-state index contributed by atoms with van der Waals surface area (Å²) in [6.45, 7) is 10.5. The fraction of sp³-hybridized carbons (Fsp3) is 0.857. The zero-order chi connectivity index (χ0) is 11.9. The van der Waals surface area contributed by atoms with Gasteiger partial charge >= 0.3 is 0 Å². The third-order valence-corrected chi connectivity index (χ3v) is 4.68. The van der Waals surface area contributed by atoms with Crippen molar-refractivity contribution in [3.8, 4) is 0 Å². The molecule has 1 nitrogen and oxygen atoms in total. The molecule has 94 valence electrons. The van der Waals surface area contributed by atoms with E-state index in [0.29, 0.717) is 5.41 Å². The minimum Gasteiger partial charge on any atom is -0.381 e. The number of hydrogen-bond acceptors (Lipinski definition) is 2. The Bertz CT molecular complexity index is 207. The molecule has 1 aliphatic rings. The van der Waals surface area contributed by atoms with Gasteiger partial charge in [0.1, 0.15) is 0 Å². The normalized spacial score (nSPS) is 24.9. The molecule has 0 bridgehead atoms. The van der Waals surface area contributed by atoms with Crippen LogP contribution in [0.1, 0.15) is 52.4 Å². The number of ether oxygens (including phenoxy) is 1. The van der Waals surface area contributed by atoms with Crippen molar-refractivity contribution in [2.45, 2.75) is 52.4 Å². The average Bonchev–Trinajstić information content (AvgIpc) is 2.75. The van der Waals surface area contributed by atoms with Crippen molar-refractivity contribution < 1.29 is 4.74 Å². The first-order valence-electron chi connectivity index (χ1n) is 6.61. The van der Waals surface area contributed by atoms with Gasteiger partial charge in [0.25, 0.3) is 0 Å². The summed E-state index contributed by atoms with van der Waals surface area (Å²) in [4.78, 5) is 1.32. The van der Waals surface area contributed by atoms with Crippen LogP contribution in [0.3, 0.4) is 0 Å². The summed E-state index contributed by atoms with van der Waals surface area (Å²) in [5, 5.41) is 0. The predicted octanol–water partition coefficient (Wildman–Crippen LogP) is 4.63. The monoisotopic (exact) mass is 242 g/mol. The van der Waals surface area contributed by atoms with Gasteiger partial charge in [-0.2, -0.15) is 0 Å². The Labute approximate surface area is 105 Å². The lowest BCUT2D eigenvalue weighted by molar-refractivity contribution is 0.142.